The lowest BCUT2D eigenvalue weighted by Gasteiger charge is -2.27. The van der Waals surface area contributed by atoms with Crippen molar-refractivity contribution < 1.29 is 19.1 Å². The Morgan fingerprint density at radius 2 is 2.00 bits per heavy atom. The molecule has 2 atom stereocenters. The summed E-state index contributed by atoms with van der Waals surface area (Å²) < 4.78 is 10.1. The van der Waals surface area contributed by atoms with E-state index in [0.717, 1.165) is 0 Å². The number of carbonyl (C=O) groups is 2. The molecular formula is C13H21N5O4. The molecule has 0 aromatic carbocycles. The van der Waals surface area contributed by atoms with Crippen molar-refractivity contribution in [2.24, 2.45) is 7.05 Å². The van der Waals surface area contributed by atoms with Crippen molar-refractivity contribution in [1.82, 2.24) is 25.1 Å². The van der Waals surface area contributed by atoms with E-state index in [4.69, 9.17) is 9.47 Å². The molecule has 0 aliphatic carbocycles. The Morgan fingerprint density at radius 1 is 1.32 bits per heavy atom. The van der Waals surface area contributed by atoms with Gasteiger partial charge in [0.2, 0.25) is 0 Å². The molecule has 9 heteroatoms. The smallest absolute Gasteiger partial charge is 0.411 e. The number of methoxy groups -OCH3 is 1. The zero-order valence-electron chi connectivity index (χ0n) is 13.4. The molecule has 1 aliphatic heterocycles. The van der Waals surface area contributed by atoms with E-state index in [1.165, 1.54) is 16.8 Å². The van der Waals surface area contributed by atoms with Crippen LogP contribution in [-0.4, -0.2) is 62.5 Å². The number of rotatable bonds is 2. The molecule has 9 nitrogen and oxygen atoms in total. The number of hydrogen-bond acceptors (Lipinski definition) is 7. The molecule has 22 heavy (non-hydrogen) atoms. The summed E-state index contributed by atoms with van der Waals surface area (Å²) in [7, 11) is 2.96. The normalized spacial score (nSPS) is 21.8. The van der Waals surface area contributed by atoms with Gasteiger partial charge < -0.3 is 9.47 Å². The lowest BCUT2D eigenvalue weighted by molar-refractivity contribution is -0.145. The maximum absolute atomic E-state index is 12.3. The second kappa shape index (κ2) is 5.90. The minimum atomic E-state index is -0.700. The summed E-state index contributed by atoms with van der Waals surface area (Å²) in [6.45, 7) is 5.61. The molecule has 0 saturated carbocycles. The first-order valence-corrected chi connectivity index (χ1v) is 7.02. The van der Waals surface area contributed by atoms with Crippen LogP contribution in [0.15, 0.2) is 0 Å². The summed E-state index contributed by atoms with van der Waals surface area (Å²) in [5.41, 5.74) is -0.638. The van der Waals surface area contributed by atoms with Crippen molar-refractivity contribution in [2.75, 3.05) is 13.7 Å². The molecule has 0 radical (unpaired) electrons. The van der Waals surface area contributed by atoms with Gasteiger partial charge >= 0.3 is 12.1 Å². The zero-order chi connectivity index (χ0) is 16.5. The van der Waals surface area contributed by atoms with Crippen LogP contribution in [-0.2, 0) is 21.3 Å². The molecule has 1 fully saturated rings. The fourth-order valence-electron chi connectivity index (χ4n) is 2.37. The van der Waals surface area contributed by atoms with Crippen molar-refractivity contribution >= 4 is 12.1 Å². The molecule has 1 amide bonds. The topological polar surface area (TPSA) is 99.4 Å². The zero-order valence-corrected chi connectivity index (χ0v) is 13.4. The van der Waals surface area contributed by atoms with Crippen molar-refractivity contribution in [3.63, 3.8) is 0 Å². The summed E-state index contributed by atoms with van der Waals surface area (Å²) in [4.78, 5) is 27.0. The number of likely N-dealkylation sites (tertiary alicyclic amines) is 1. The number of hydrogen-bond donors (Lipinski definition) is 0. The number of esters is 1. The molecule has 2 rings (SSSR count). The van der Waals surface area contributed by atoms with Crippen LogP contribution in [0.5, 0.6) is 0 Å². The maximum Gasteiger partial charge on any atom is 0.411 e. The standard InChI is InChI=1S/C13H21N5O4/c1-13(2,3)22-12(20)18-7-8(6-9(18)11(19)21-5)10-14-16-17(4)15-10/h8-9H,6-7H2,1-5H3/t8-,9+/m1/s1. The molecule has 0 bridgehead atoms. The predicted molar refractivity (Wildman–Crippen MR) is 74.9 cm³/mol. The van der Waals surface area contributed by atoms with Gasteiger partial charge in [-0.05, 0) is 32.4 Å². The fraction of sp³-hybridized carbons (Fsp3) is 0.769. The number of nitrogens with zero attached hydrogens (tertiary/aromatic N) is 5. The van der Waals surface area contributed by atoms with E-state index in [9.17, 15) is 9.59 Å². The molecule has 0 spiro atoms. The minimum Gasteiger partial charge on any atom is -0.467 e. The Bertz CT molecular complexity index is 565. The predicted octanol–water partition coefficient (Wildman–Crippen LogP) is 0.476. The molecule has 2 heterocycles. The van der Waals surface area contributed by atoms with Crippen molar-refractivity contribution in [3.05, 3.63) is 5.82 Å². The van der Waals surface area contributed by atoms with Crippen LogP contribution in [0.4, 0.5) is 4.79 Å². The Balaban J connectivity index is 2.18. The molecule has 1 aliphatic rings. The van der Waals surface area contributed by atoms with E-state index >= 15 is 0 Å². The van der Waals surface area contributed by atoms with E-state index in [1.807, 2.05) is 0 Å². The van der Waals surface area contributed by atoms with Gasteiger partial charge in [0, 0.05) is 12.5 Å². The second-order valence-electron chi connectivity index (χ2n) is 6.24. The molecular weight excluding hydrogens is 290 g/mol. The molecule has 0 N–H and O–H groups in total. The Hall–Kier alpha value is -2.19. The summed E-state index contributed by atoms with van der Waals surface area (Å²) in [6.07, 6.45) is -0.160. The number of ether oxygens (including phenoxy) is 2. The van der Waals surface area contributed by atoms with Crippen LogP contribution in [0.25, 0.3) is 0 Å². The van der Waals surface area contributed by atoms with Gasteiger partial charge in [-0.1, -0.05) is 0 Å². The Kier molecular flexibility index (Phi) is 4.34. The van der Waals surface area contributed by atoms with Crippen molar-refractivity contribution in [3.8, 4) is 0 Å². The van der Waals surface area contributed by atoms with Crippen LogP contribution in [0.2, 0.25) is 0 Å². The average molecular weight is 311 g/mol. The number of aromatic nitrogens is 4. The molecule has 1 aromatic rings. The summed E-state index contributed by atoms with van der Waals surface area (Å²) in [5, 5.41) is 11.9. The fourth-order valence-corrected chi connectivity index (χ4v) is 2.37. The quantitative estimate of drug-likeness (QED) is 0.732. The van der Waals surface area contributed by atoms with Crippen molar-refractivity contribution in [2.45, 2.75) is 44.8 Å². The first-order valence-electron chi connectivity index (χ1n) is 7.02. The highest BCUT2D eigenvalue weighted by Crippen LogP contribution is 2.31. The number of tetrazole rings is 1. The Morgan fingerprint density at radius 3 is 2.50 bits per heavy atom. The van der Waals surface area contributed by atoms with E-state index in [1.54, 1.807) is 27.8 Å². The molecule has 1 saturated heterocycles. The van der Waals surface area contributed by atoms with Crippen molar-refractivity contribution in [1.29, 1.82) is 0 Å². The van der Waals surface area contributed by atoms with Gasteiger partial charge in [-0.3, -0.25) is 4.90 Å². The Labute approximate surface area is 128 Å². The van der Waals surface area contributed by atoms with Gasteiger partial charge in [0.05, 0.1) is 14.2 Å². The molecule has 1 aromatic heterocycles. The third-order valence-electron chi connectivity index (χ3n) is 3.29. The van der Waals surface area contributed by atoms with Crippen LogP contribution in [0, 0.1) is 0 Å². The van der Waals surface area contributed by atoms with Gasteiger partial charge in [0.25, 0.3) is 0 Å². The third kappa shape index (κ3) is 3.52. The largest absolute Gasteiger partial charge is 0.467 e. The summed E-state index contributed by atoms with van der Waals surface area (Å²) >= 11 is 0. The van der Waals surface area contributed by atoms with Gasteiger partial charge in [-0.25, -0.2) is 9.59 Å². The number of aryl methyl sites for hydroxylation is 1. The first-order chi connectivity index (χ1) is 10.2. The van der Waals surface area contributed by atoms with Gasteiger partial charge in [0.15, 0.2) is 5.82 Å². The monoisotopic (exact) mass is 311 g/mol. The number of amides is 1. The lowest BCUT2D eigenvalue weighted by atomic mass is 10.1. The third-order valence-corrected chi connectivity index (χ3v) is 3.29. The first kappa shape index (κ1) is 16.2. The van der Waals surface area contributed by atoms with E-state index in [0.29, 0.717) is 18.8 Å². The molecule has 122 valence electrons. The highest BCUT2D eigenvalue weighted by molar-refractivity contribution is 5.82. The second-order valence-corrected chi connectivity index (χ2v) is 6.24. The maximum atomic E-state index is 12.3. The highest BCUT2D eigenvalue weighted by atomic mass is 16.6. The number of carbonyl (C=O) groups excluding carboxylic acids is 2. The van der Waals surface area contributed by atoms with Crippen LogP contribution in [0.1, 0.15) is 38.9 Å². The van der Waals surface area contributed by atoms with E-state index < -0.39 is 23.7 Å². The highest BCUT2D eigenvalue weighted by Gasteiger charge is 2.44. The average Bonchev–Trinajstić information content (AvgIpc) is 3.01. The summed E-state index contributed by atoms with van der Waals surface area (Å²) in [6, 6.07) is -0.700. The van der Waals surface area contributed by atoms with Crippen LogP contribution >= 0.6 is 0 Å². The van der Waals surface area contributed by atoms with Crippen LogP contribution in [0.3, 0.4) is 0 Å². The van der Waals surface area contributed by atoms with Gasteiger partial charge in [-0.15, -0.1) is 10.2 Å². The van der Waals surface area contributed by atoms with E-state index in [-0.39, 0.29) is 5.92 Å². The lowest BCUT2D eigenvalue weighted by Crippen LogP contribution is -2.43. The molecule has 0 unspecified atom stereocenters. The van der Waals surface area contributed by atoms with Gasteiger partial charge in [-0.2, -0.15) is 4.80 Å². The van der Waals surface area contributed by atoms with Gasteiger partial charge in [0.1, 0.15) is 11.6 Å². The van der Waals surface area contributed by atoms with E-state index in [2.05, 4.69) is 15.4 Å². The minimum absolute atomic E-state index is 0.176. The SMILES string of the molecule is COC(=O)[C@@H]1C[C@@H](c2nnn(C)n2)CN1C(=O)OC(C)(C)C. The summed E-state index contributed by atoms with van der Waals surface area (Å²) in [5.74, 6) is -0.148. The van der Waals surface area contributed by atoms with Crippen LogP contribution < -0.4 is 0 Å².